The predicted octanol–water partition coefficient (Wildman–Crippen LogP) is 3.77. The van der Waals surface area contributed by atoms with Gasteiger partial charge in [0.1, 0.15) is 0 Å². The van der Waals surface area contributed by atoms with E-state index in [9.17, 15) is 18.0 Å². The quantitative estimate of drug-likeness (QED) is 0.609. The molecule has 2 aliphatic rings. The normalized spacial score (nSPS) is 17.8. The zero-order valence-electron chi connectivity index (χ0n) is 20.3. The van der Waals surface area contributed by atoms with Crippen LogP contribution in [-0.4, -0.2) is 44.3 Å². The number of piperidine rings is 1. The van der Waals surface area contributed by atoms with Gasteiger partial charge in [-0.1, -0.05) is 55.7 Å². The van der Waals surface area contributed by atoms with E-state index in [2.05, 4.69) is 10.0 Å². The molecule has 2 N–H and O–H groups in total. The number of amides is 2. The number of rotatable bonds is 7. The first-order valence-corrected chi connectivity index (χ1v) is 14.1. The van der Waals surface area contributed by atoms with E-state index in [-0.39, 0.29) is 35.2 Å². The average molecular weight is 498 g/mol. The van der Waals surface area contributed by atoms with Gasteiger partial charge in [-0.05, 0) is 55.9 Å². The number of likely N-dealkylation sites (tertiary alicyclic amines) is 1. The van der Waals surface area contributed by atoms with E-state index in [0.717, 1.165) is 31.2 Å². The molecule has 1 saturated heterocycles. The number of aryl methyl sites for hydroxylation is 1. The van der Waals surface area contributed by atoms with Crippen LogP contribution in [0.5, 0.6) is 0 Å². The molecule has 1 aliphatic carbocycles. The van der Waals surface area contributed by atoms with E-state index in [1.165, 1.54) is 12.5 Å². The molecule has 188 valence electrons. The number of benzene rings is 2. The van der Waals surface area contributed by atoms with Crippen molar-refractivity contribution in [2.75, 3.05) is 13.1 Å². The van der Waals surface area contributed by atoms with Crippen LogP contribution in [0.3, 0.4) is 0 Å². The van der Waals surface area contributed by atoms with Crippen molar-refractivity contribution < 1.29 is 18.0 Å². The summed E-state index contributed by atoms with van der Waals surface area (Å²) in [7, 11) is -3.78. The number of hydrogen-bond acceptors (Lipinski definition) is 4. The third kappa shape index (κ3) is 6.49. The molecule has 4 rings (SSSR count). The maximum absolute atomic E-state index is 12.9. The van der Waals surface area contributed by atoms with Crippen molar-refractivity contribution in [3.63, 3.8) is 0 Å². The molecule has 2 fully saturated rings. The summed E-state index contributed by atoms with van der Waals surface area (Å²) in [6.45, 7) is 3.20. The first kappa shape index (κ1) is 25.4. The smallest absolute Gasteiger partial charge is 0.251 e. The lowest BCUT2D eigenvalue weighted by atomic mass is 9.87. The fraction of sp³-hybridized carbons (Fsp3) is 0.481. The van der Waals surface area contributed by atoms with E-state index < -0.39 is 10.0 Å². The van der Waals surface area contributed by atoms with Gasteiger partial charge in [-0.25, -0.2) is 13.1 Å². The van der Waals surface area contributed by atoms with Crippen LogP contribution in [0, 0.1) is 12.8 Å². The fourth-order valence-corrected chi connectivity index (χ4v) is 6.29. The highest BCUT2D eigenvalue weighted by Gasteiger charge is 2.30. The van der Waals surface area contributed by atoms with Crippen LogP contribution < -0.4 is 10.0 Å². The molecule has 7 nitrogen and oxygen atoms in total. The molecule has 1 aliphatic heterocycles. The summed E-state index contributed by atoms with van der Waals surface area (Å²) < 4.78 is 28.5. The molecule has 0 radical (unpaired) electrons. The Balaban J connectivity index is 1.34. The second-order valence-electron chi connectivity index (χ2n) is 9.70. The lowest BCUT2D eigenvalue weighted by molar-refractivity contribution is -0.137. The Hall–Kier alpha value is -2.71. The van der Waals surface area contributed by atoms with Crippen LogP contribution in [0.1, 0.15) is 66.4 Å². The first-order chi connectivity index (χ1) is 16.8. The largest absolute Gasteiger partial charge is 0.349 e. The number of carbonyl (C=O) groups is 2. The molecule has 8 heteroatoms. The van der Waals surface area contributed by atoms with Gasteiger partial charge in [0.25, 0.3) is 5.91 Å². The summed E-state index contributed by atoms with van der Waals surface area (Å²) in [5.41, 5.74) is 1.75. The Morgan fingerprint density at radius 2 is 1.63 bits per heavy atom. The minimum absolute atomic E-state index is 0.0320. The van der Waals surface area contributed by atoms with Crippen molar-refractivity contribution in [2.24, 2.45) is 5.92 Å². The van der Waals surface area contributed by atoms with Crippen LogP contribution in [0.4, 0.5) is 0 Å². The molecular formula is C27H35N3O4S. The SMILES string of the molecule is Cc1ccc(C(=O)NC2CCN(C(=O)C3CCCCC3)CC2)cc1S(=O)(=O)NCc1ccccc1. The minimum atomic E-state index is -3.78. The van der Waals surface area contributed by atoms with E-state index in [4.69, 9.17) is 0 Å². The van der Waals surface area contributed by atoms with Crippen LogP contribution in [-0.2, 0) is 21.4 Å². The molecule has 2 amide bonds. The van der Waals surface area contributed by atoms with Crippen LogP contribution in [0.25, 0.3) is 0 Å². The lowest BCUT2D eigenvalue weighted by Gasteiger charge is -2.35. The van der Waals surface area contributed by atoms with Crippen molar-refractivity contribution in [3.8, 4) is 0 Å². The molecule has 2 aromatic carbocycles. The van der Waals surface area contributed by atoms with Crippen molar-refractivity contribution in [1.29, 1.82) is 0 Å². The summed E-state index contributed by atoms with van der Waals surface area (Å²) in [4.78, 5) is 27.8. The standard InChI is InChI=1S/C27H35N3O4S/c1-20-12-13-23(18-25(20)35(33,34)28-19-21-8-4-2-5-9-21)26(31)29-24-14-16-30(17-15-24)27(32)22-10-6-3-7-11-22/h2,4-5,8-9,12-13,18,22,24,28H,3,6-7,10-11,14-17,19H2,1H3,(H,29,31). The van der Waals surface area contributed by atoms with Crippen molar-refractivity contribution in [2.45, 2.75) is 69.4 Å². The van der Waals surface area contributed by atoms with Gasteiger partial charge in [-0.15, -0.1) is 0 Å². The Kier molecular flexibility index (Phi) is 8.23. The third-order valence-electron chi connectivity index (χ3n) is 7.15. The van der Waals surface area contributed by atoms with E-state index >= 15 is 0 Å². The van der Waals surface area contributed by atoms with Gasteiger partial charge in [0.05, 0.1) is 4.90 Å². The minimum Gasteiger partial charge on any atom is -0.349 e. The van der Waals surface area contributed by atoms with Crippen LogP contribution in [0.15, 0.2) is 53.4 Å². The highest BCUT2D eigenvalue weighted by atomic mass is 32.2. The van der Waals surface area contributed by atoms with Gasteiger partial charge >= 0.3 is 0 Å². The molecule has 0 bridgehead atoms. The van der Waals surface area contributed by atoms with Crippen molar-refractivity contribution >= 4 is 21.8 Å². The Morgan fingerprint density at radius 3 is 2.31 bits per heavy atom. The lowest BCUT2D eigenvalue weighted by Crippen LogP contribution is -2.48. The summed E-state index contributed by atoms with van der Waals surface area (Å²) in [5, 5.41) is 3.04. The molecule has 0 atom stereocenters. The second kappa shape index (κ2) is 11.4. The zero-order chi connectivity index (χ0) is 24.8. The topological polar surface area (TPSA) is 95.6 Å². The van der Waals surface area contributed by atoms with E-state index in [1.54, 1.807) is 19.1 Å². The first-order valence-electron chi connectivity index (χ1n) is 12.6. The van der Waals surface area contributed by atoms with E-state index in [0.29, 0.717) is 37.1 Å². The van der Waals surface area contributed by atoms with Gasteiger partial charge in [0, 0.05) is 37.2 Å². The summed E-state index contributed by atoms with van der Waals surface area (Å²) >= 11 is 0. The van der Waals surface area contributed by atoms with Crippen molar-refractivity contribution in [1.82, 2.24) is 14.9 Å². The molecular weight excluding hydrogens is 462 g/mol. The van der Waals surface area contributed by atoms with Crippen LogP contribution >= 0.6 is 0 Å². The summed E-state index contributed by atoms with van der Waals surface area (Å²) in [5.74, 6) is 0.144. The predicted molar refractivity (Wildman–Crippen MR) is 135 cm³/mol. The number of nitrogens with zero attached hydrogens (tertiary/aromatic N) is 1. The highest BCUT2D eigenvalue weighted by molar-refractivity contribution is 7.89. The van der Waals surface area contributed by atoms with Gasteiger partial charge < -0.3 is 10.2 Å². The number of sulfonamides is 1. The molecule has 0 aromatic heterocycles. The number of carbonyl (C=O) groups excluding carboxylic acids is 2. The average Bonchev–Trinajstić information content (AvgIpc) is 2.89. The zero-order valence-corrected chi connectivity index (χ0v) is 21.1. The second-order valence-corrected chi connectivity index (χ2v) is 11.4. The van der Waals surface area contributed by atoms with E-state index in [1.807, 2.05) is 35.2 Å². The highest BCUT2D eigenvalue weighted by Crippen LogP contribution is 2.27. The summed E-state index contributed by atoms with van der Waals surface area (Å²) in [6, 6.07) is 14.0. The van der Waals surface area contributed by atoms with Gasteiger partial charge in [0.15, 0.2) is 0 Å². The molecule has 0 unspecified atom stereocenters. The number of hydrogen-bond donors (Lipinski definition) is 2. The summed E-state index contributed by atoms with van der Waals surface area (Å²) in [6.07, 6.45) is 6.91. The third-order valence-corrected chi connectivity index (χ3v) is 8.69. The number of nitrogens with one attached hydrogen (secondary N) is 2. The Labute approximate surface area is 208 Å². The molecule has 35 heavy (non-hydrogen) atoms. The van der Waals surface area contributed by atoms with Gasteiger partial charge in [0.2, 0.25) is 15.9 Å². The van der Waals surface area contributed by atoms with Crippen molar-refractivity contribution in [3.05, 3.63) is 65.2 Å². The molecule has 1 saturated carbocycles. The molecule has 2 aromatic rings. The molecule has 1 heterocycles. The van der Waals surface area contributed by atoms with Gasteiger partial charge in [-0.3, -0.25) is 9.59 Å². The Bertz CT molecular complexity index is 1140. The van der Waals surface area contributed by atoms with Crippen LogP contribution in [0.2, 0.25) is 0 Å². The molecule has 0 spiro atoms. The monoisotopic (exact) mass is 497 g/mol. The maximum Gasteiger partial charge on any atom is 0.251 e. The Morgan fingerprint density at radius 1 is 0.943 bits per heavy atom. The fourth-order valence-electron chi connectivity index (χ4n) is 5.00. The van der Waals surface area contributed by atoms with Gasteiger partial charge in [-0.2, -0.15) is 0 Å². The maximum atomic E-state index is 12.9.